The second-order valence-corrected chi connectivity index (χ2v) is 9.49. The van der Waals surface area contributed by atoms with Crippen LogP contribution in [0.2, 0.25) is 0 Å². The number of rotatable bonds is 6. The fourth-order valence-electron chi connectivity index (χ4n) is 5.75. The van der Waals surface area contributed by atoms with Crippen LogP contribution in [0.4, 0.5) is 5.82 Å². The van der Waals surface area contributed by atoms with Crippen molar-refractivity contribution in [2.45, 2.75) is 51.6 Å². The Morgan fingerprint density at radius 3 is 2.76 bits per heavy atom. The van der Waals surface area contributed by atoms with Gasteiger partial charge in [0, 0.05) is 35.8 Å². The average Bonchev–Trinajstić information content (AvgIpc) is 3.20. The van der Waals surface area contributed by atoms with E-state index in [0.717, 1.165) is 35.3 Å². The first-order chi connectivity index (χ1) is 15.9. The van der Waals surface area contributed by atoms with Crippen molar-refractivity contribution in [3.8, 4) is 22.9 Å². The van der Waals surface area contributed by atoms with Crippen molar-refractivity contribution >= 4 is 17.2 Å². The third-order valence-electron chi connectivity index (χ3n) is 6.93. The molecule has 0 spiro atoms. The SMILES string of the molecule is CCOc1cc(-c2ccc(NC3C4CC3CC(C)(NC(C)=O)C4)nc2)c2c(C#N)cnn2c1. The quantitative estimate of drug-likeness (QED) is 0.600. The maximum absolute atomic E-state index is 11.6. The van der Waals surface area contributed by atoms with E-state index in [0.29, 0.717) is 35.8 Å². The lowest BCUT2D eigenvalue weighted by molar-refractivity contribution is -0.122. The Kier molecular flexibility index (Phi) is 5.20. The lowest BCUT2D eigenvalue weighted by atomic mass is 9.55. The number of fused-ring (bicyclic) bond motifs is 3. The summed E-state index contributed by atoms with van der Waals surface area (Å²) in [5, 5.41) is 20.6. The Hall–Kier alpha value is -3.60. The van der Waals surface area contributed by atoms with Crippen molar-refractivity contribution in [1.29, 1.82) is 5.26 Å². The molecule has 2 unspecified atom stereocenters. The number of pyridine rings is 2. The van der Waals surface area contributed by atoms with Crippen LogP contribution in [0.5, 0.6) is 5.75 Å². The minimum absolute atomic E-state index is 0.0424. The van der Waals surface area contributed by atoms with Crippen molar-refractivity contribution in [3.63, 3.8) is 0 Å². The van der Waals surface area contributed by atoms with Gasteiger partial charge in [0.05, 0.1) is 30.1 Å². The molecular weight excluding hydrogens is 416 g/mol. The number of hydrogen-bond acceptors (Lipinski definition) is 6. The molecule has 33 heavy (non-hydrogen) atoms. The molecule has 2 saturated carbocycles. The summed E-state index contributed by atoms with van der Waals surface area (Å²) >= 11 is 0. The van der Waals surface area contributed by atoms with Gasteiger partial charge in [-0.2, -0.15) is 10.4 Å². The minimum Gasteiger partial charge on any atom is -0.492 e. The van der Waals surface area contributed by atoms with Crippen LogP contribution in [0, 0.1) is 23.2 Å². The highest BCUT2D eigenvalue weighted by atomic mass is 16.5. The van der Waals surface area contributed by atoms with Crippen LogP contribution < -0.4 is 15.4 Å². The topological polar surface area (TPSA) is 104 Å². The van der Waals surface area contributed by atoms with E-state index in [1.54, 1.807) is 23.8 Å². The van der Waals surface area contributed by atoms with E-state index in [1.165, 1.54) is 6.42 Å². The lowest BCUT2D eigenvalue weighted by Crippen LogP contribution is -2.62. The number of anilines is 1. The summed E-state index contributed by atoms with van der Waals surface area (Å²) in [7, 11) is 0. The highest BCUT2D eigenvalue weighted by Gasteiger charge is 2.52. The number of hydrogen-bond donors (Lipinski definition) is 2. The molecule has 2 atom stereocenters. The van der Waals surface area contributed by atoms with Gasteiger partial charge in [0.1, 0.15) is 17.6 Å². The summed E-state index contributed by atoms with van der Waals surface area (Å²) in [5.41, 5.74) is 2.92. The molecule has 8 heteroatoms. The fourth-order valence-corrected chi connectivity index (χ4v) is 5.75. The summed E-state index contributed by atoms with van der Waals surface area (Å²) < 4.78 is 7.39. The molecular formula is C25H28N6O2. The number of amides is 1. The van der Waals surface area contributed by atoms with E-state index >= 15 is 0 Å². The van der Waals surface area contributed by atoms with E-state index in [1.807, 2.05) is 31.3 Å². The van der Waals surface area contributed by atoms with Crippen molar-refractivity contribution in [2.75, 3.05) is 11.9 Å². The molecule has 0 aromatic carbocycles. The number of aromatic nitrogens is 3. The van der Waals surface area contributed by atoms with Gasteiger partial charge in [-0.1, -0.05) is 0 Å². The maximum Gasteiger partial charge on any atom is 0.217 e. The fraction of sp³-hybridized carbons (Fsp3) is 0.440. The molecule has 5 rings (SSSR count). The zero-order valence-corrected chi connectivity index (χ0v) is 19.1. The molecule has 170 valence electrons. The van der Waals surface area contributed by atoms with Crippen LogP contribution in [0.25, 0.3) is 16.6 Å². The summed E-state index contributed by atoms with van der Waals surface area (Å²) in [6, 6.07) is 8.55. The third kappa shape index (κ3) is 3.88. The van der Waals surface area contributed by atoms with Crippen molar-refractivity contribution in [3.05, 3.63) is 42.4 Å². The number of nitrogens with zero attached hydrogens (tertiary/aromatic N) is 4. The van der Waals surface area contributed by atoms with Crippen LogP contribution in [0.3, 0.4) is 0 Å². The van der Waals surface area contributed by atoms with Gasteiger partial charge in [-0.25, -0.2) is 9.50 Å². The van der Waals surface area contributed by atoms with Gasteiger partial charge in [0.2, 0.25) is 5.91 Å². The Morgan fingerprint density at radius 1 is 1.33 bits per heavy atom. The number of nitriles is 1. The van der Waals surface area contributed by atoms with Gasteiger partial charge in [-0.3, -0.25) is 4.79 Å². The molecule has 3 heterocycles. The second kappa shape index (κ2) is 8.07. The van der Waals surface area contributed by atoms with Gasteiger partial charge in [0.15, 0.2) is 0 Å². The number of carbonyl (C=O) groups excluding carboxylic acids is 1. The first-order valence-corrected chi connectivity index (χ1v) is 11.4. The molecule has 8 nitrogen and oxygen atoms in total. The smallest absolute Gasteiger partial charge is 0.217 e. The van der Waals surface area contributed by atoms with E-state index in [2.05, 4.69) is 33.7 Å². The zero-order chi connectivity index (χ0) is 23.2. The van der Waals surface area contributed by atoms with Crippen LogP contribution >= 0.6 is 0 Å². The van der Waals surface area contributed by atoms with Crippen molar-refractivity contribution < 1.29 is 9.53 Å². The van der Waals surface area contributed by atoms with Crippen LogP contribution in [0.1, 0.15) is 45.6 Å². The molecule has 2 fully saturated rings. The zero-order valence-electron chi connectivity index (χ0n) is 19.1. The highest BCUT2D eigenvalue weighted by molar-refractivity contribution is 5.85. The summed E-state index contributed by atoms with van der Waals surface area (Å²) in [6.07, 6.45) is 8.36. The molecule has 0 radical (unpaired) electrons. The molecule has 1 amide bonds. The molecule has 2 bridgehead atoms. The van der Waals surface area contributed by atoms with Crippen LogP contribution in [-0.2, 0) is 4.79 Å². The minimum atomic E-state index is -0.102. The number of nitrogens with one attached hydrogen (secondary N) is 2. The second-order valence-electron chi connectivity index (χ2n) is 9.49. The van der Waals surface area contributed by atoms with Crippen LogP contribution in [0.15, 0.2) is 36.8 Å². The molecule has 0 aliphatic heterocycles. The molecule has 3 aromatic heterocycles. The summed E-state index contributed by atoms with van der Waals surface area (Å²) in [4.78, 5) is 16.2. The molecule has 3 aromatic rings. The first kappa shape index (κ1) is 21.3. The Labute approximate surface area is 193 Å². The third-order valence-corrected chi connectivity index (χ3v) is 6.93. The van der Waals surface area contributed by atoms with Gasteiger partial charge in [0.25, 0.3) is 0 Å². The number of carbonyl (C=O) groups is 1. The normalized spacial score (nSPS) is 25.7. The monoisotopic (exact) mass is 444 g/mol. The molecule has 2 N–H and O–H groups in total. The maximum atomic E-state index is 11.6. The first-order valence-electron chi connectivity index (χ1n) is 11.4. The van der Waals surface area contributed by atoms with E-state index < -0.39 is 0 Å². The predicted octanol–water partition coefficient (Wildman–Crippen LogP) is 3.77. The highest BCUT2D eigenvalue weighted by Crippen LogP contribution is 2.51. The van der Waals surface area contributed by atoms with Gasteiger partial charge in [-0.05, 0) is 63.1 Å². The van der Waals surface area contributed by atoms with E-state index in [-0.39, 0.29) is 11.4 Å². The molecule has 0 saturated heterocycles. The molecule has 2 aliphatic rings. The number of ether oxygens (including phenoxy) is 1. The average molecular weight is 445 g/mol. The molecule has 2 aliphatic carbocycles. The van der Waals surface area contributed by atoms with E-state index in [4.69, 9.17) is 4.74 Å². The van der Waals surface area contributed by atoms with Crippen molar-refractivity contribution in [1.82, 2.24) is 19.9 Å². The Balaban J connectivity index is 1.36. The van der Waals surface area contributed by atoms with Gasteiger partial charge < -0.3 is 15.4 Å². The van der Waals surface area contributed by atoms with Crippen LogP contribution in [-0.4, -0.2) is 38.7 Å². The standard InChI is InChI=1S/C25H28N6O2/c1-4-33-20-8-21(24-19(11-26)13-28-31(24)14-20)16-5-6-22(27-12-16)29-23-17-7-18(23)10-25(3,9-17)30-15(2)32/h5-6,8,12-14,17-18,23H,4,7,9-10H2,1-3H3,(H,27,29)(H,30,32). The van der Waals surface area contributed by atoms with Crippen molar-refractivity contribution in [2.24, 2.45) is 11.8 Å². The lowest BCUT2D eigenvalue weighted by Gasteiger charge is -2.56. The van der Waals surface area contributed by atoms with Gasteiger partial charge in [-0.15, -0.1) is 0 Å². The Morgan fingerprint density at radius 2 is 2.12 bits per heavy atom. The van der Waals surface area contributed by atoms with E-state index in [9.17, 15) is 10.1 Å². The largest absolute Gasteiger partial charge is 0.492 e. The van der Waals surface area contributed by atoms with Gasteiger partial charge >= 0.3 is 0 Å². The summed E-state index contributed by atoms with van der Waals surface area (Å²) in [5.74, 6) is 2.65. The Bertz CT molecular complexity index is 1230. The predicted molar refractivity (Wildman–Crippen MR) is 125 cm³/mol. The summed E-state index contributed by atoms with van der Waals surface area (Å²) in [6.45, 7) is 6.22.